The summed E-state index contributed by atoms with van der Waals surface area (Å²) < 4.78 is 0. The van der Waals surface area contributed by atoms with Gasteiger partial charge in [0.05, 0.1) is 0 Å². The van der Waals surface area contributed by atoms with Gasteiger partial charge >= 0.3 is 0 Å². The van der Waals surface area contributed by atoms with E-state index in [9.17, 15) is 9.59 Å². The van der Waals surface area contributed by atoms with Gasteiger partial charge in [0.25, 0.3) is 5.91 Å². The van der Waals surface area contributed by atoms with Gasteiger partial charge in [-0.2, -0.15) is 0 Å². The quantitative estimate of drug-likeness (QED) is 0.790. The predicted molar refractivity (Wildman–Crippen MR) is 74.8 cm³/mol. The first kappa shape index (κ1) is 15.2. The number of hydrogen-bond donors (Lipinski definition) is 2. The fourth-order valence-electron chi connectivity index (χ4n) is 1.55. The van der Waals surface area contributed by atoms with Gasteiger partial charge in [0, 0.05) is 39.2 Å². The van der Waals surface area contributed by atoms with Gasteiger partial charge in [0.2, 0.25) is 5.91 Å². The average Bonchev–Trinajstić information content (AvgIpc) is 2.42. The number of carbonyl (C=O) groups is 2. The molecule has 0 heterocycles. The standard InChI is InChI=1S/C14H21N3O2/c1-15-9-8-13(18)16-10-11-4-6-12(7-5-11)14(19)17(2)3/h4-7,15H,8-10H2,1-3H3,(H,16,18). The maximum absolute atomic E-state index is 11.7. The molecule has 0 aromatic heterocycles. The Morgan fingerprint density at radius 3 is 2.32 bits per heavy atom. The van der Waals surface area contributed by atoms with E-state index in [0.29, 0.717) is 25.1 Å². The van der Waals surface area contributed by atoms with Crippen molar-refractivity contribution < 1.29 is 9.59 Å². The third kappa shape index (κ3) is 5.09. The van der Waals surface area contributed by atoms with Gasteiger partial charge in [-0.25, -0.2) is 0 Å². The summed E-state index contributed by atoms with van der Waals surface area (Å²) in [5, 5.41) is 5.76. The lowest BCUT2D eigenvalue weighted by molar-refractivity contribution is -0.121. The lowest BCUT2D eigenvalue weighted by Crippen LogP contribution is -2.26. The van der Waals surface area contributed by atoms with Gasteiger partial charge in [-0.3, -0.25) is 9.59 Å². The Morgan fingerprint density at radius 1 is 1.16 bits per heavy atom. The zero-order valence-electron chi connectivity index (χ0n) is 11.7. The summed E-state index contributed by atoms with van der Waals surface area (Å²) in [5.41, 5.74) is 1.63. The molecule has 0 saturated heterocycles. The number of nitrogens with zero attached hydrogens (tertiary/aromatic N) is 1. The highest BCUT2D eigenvalue weighted by molar-refractivity contribution is 5.93. The van der Waals surface area contributed by atoms with Crippen LogP contribution in [0.4, 0.5) is 0 Å². The van der Waals surface area contributed by atoms with E-state index in [-0.39, 0.29) is 11.8 Å². The molecule has 1 rings (SSSR count). The minimum atomic E-state index is -0.0235. The Morgan fingerprint density at radius 2 is 1.79 bits per heavy atom. The Balaban J connectivity index is 2.49. The van der Waals surface area contributed by atoms with Crippen LogP contribution in [0.15, 0.2) is 24.3 Å². The fourth-order valence-corrected chi connectivity index (χ4v) is 1.55. The van der Waals surface area contributed by atoms with Crippen molar-refractivity contribution >= 4 is 11.8 Å². The molecule has 1 aromatic carbocycles. The molecule has 0 aliphatic rings. The summed E-state index contributed by atoms with van der Waals surface area (Å²) in [7, 11) is 5.25. The third-order valence-electron chi connectivity index (χ3n) is 2.70. The molecule has 0 aliphatic carbocycles. The maximum atomic E-state index is 11.7. The first-order valence-electron chi connectivity index (χ1n) is 6.26. The molecular weight excluding hydrogens is 242 g/mol. The molecule has 0 spiro atoms. The van der Waals surface area contributed by atoms with Crippen LogP contribution in [0.25, 0.3) is 0 Å². The first-order chi connectivity index (χ1) is 9.04. The van der Waals surface area contributed by atoms with Gasteiger partial charge in [-0.1, -0.05) is 12.1 Å². The Bertz CT molecular complexity index is 427. The molecule has 5 nitrogen and oxygen atoms in total. The number of hydrogen-bond acceptors (Lipinski definition) is 3. The molecule has 0 radical (unpaired) electrons. The summed E-state index contributed by atoms with van der Waals surface area (Å²) in [6.45, 7) is 1.15. The maximum Gasteiger partial charge on any atom is 0.253 e. The van der Waals surface area contributed by atoms with Crippen molar-refractivity contribution in [2.45, 2.75) is 13.0 Å². The van der Waals surface area contributed by atoms with Crippen LogP contribution < -0.4 is 10.6 Å². The monoisotopic (exact) mass is 263 g/mol. The highest BCUT2D eigenvalue weighted by Crippen LogP contribution is 2.06. The van der Waals surface area contributed by atoms with Gasteiger partial charge in [0.15, 0.2) is 0 Å². The van der Waals surface area contributed by atoms with Gasteiger partial charge < -0.3 is 15.5 Å². The van der Waals surface area contributed by atoms with Crippen molar-refractivity contribution in [1.29, 1.82) is 0 Å². The Hall–Kier alpha value is -1.88. The van der Waals surface area contributed by atoms with Crippen LogP contribution in [-0.2, 0) is 11.3 Å². The summed E-state index contributed by atoms with van der Waals surface area (Å²) in [5.74, 6) is -0.00704. The molecule has 1 aromatic rings. The van der Waals surface area contributed by atoms with E-state index in [2.05, 4.69) is 10.6 Å². The number of amides is 2. The van der Waals surface area contributed by atoms with Crippen LogP contribution in [0.3, 0.4) is 0 Å². The van der Waals surface area contributed by atoms with E-state index in [1.165, 1.54) is 4.90 Å². The van der Waals surface area contributed by atoms with Crippen molar-refractivity contribution in [3.8, 4) is 0 Å². The molecule has 0 saturated carbocycles. The molecular formula is C14H21N3O2. The summed E-state index contributed by atoms with van der Waals surface area (Å²) in [6.07, 6.45) is 0.466. The molecule has 2 N–H and O–H groups in total. The fraction of sp³-hybridized carbons (Fsp3) is 0.429. The average molecular weight is 263 g/mol. The second-order valence-corrected chi connectivity index (χ2v) is 4.53. The zero-order valence-corrected chi connectivity index (χ0v) is 11.7. The lowest BCUT2D eigenvalue weighted by atomic mass is 10.1. The Kier molecular flexibility index (Phi) is 6.02. The van der Waals surface area contributed by atoms with E-state index < -0.39 is 0 Å². The topological polar surface area (TPSA) is 61.4 Å². The molecule has 104 valence electrons. The van der Waals surface area contributed by atoms with E-state index >= 15 is 0 Å². The normalized spacial score (nSPS) is 10.1. The van der Waals surface area contributed by atoms with Crippen molar-refractivity contribution in [1.82, 2.24) is 15.5 Å². The van der Waals surface area contributed by atoms with Gasteiger partial charge in [0.1, 0.15) is 0 Å². The molecule has 5 heteroatoms. The van der Waals surface area contributed by atoms with E-state index in [4.69, 9.17) is 0 Å². The van der Waals surface area contributed by atoms with Crippen LogP contribution in [0.5, 0.6) is 0 Å². The largest absolute Gasteiger partial charge is 0.352 e. The molecule has 0 bridgehead atoms. The minimum absolute atomic E-state index is 0.0165. The smallest absolute Gasteiger partial charge is 0.253 e. The molecule has 0 atom stereocenters. The van der Waals surface area contributed by atoms with Crippen molar-refractivity contribution in [2.75, 3.05) is 27.7 Å². The van der Waals surface area contributed by atoms with Crippen LogP contribution in [0.2, 0.25) is 0 Å². The highest BCUT2D eigenvalue weighted by Gasteiger charge is 2.07. The first-order valence-corrected chi connectivity index (χ1v) is 6.26. The van der Waals surface area contributed by atoms with Crippen molar-refractivity contribution in [3.63, 3.8) is 0 Å². The number of benzene rings is 1. The third-order valence-corrected chi connectivity index (χ3v) is 2.70. The SMILES string of the molecule is CNCCC(=O)NCc1ccc(C(=O)N(C)C)cc1. The highest BCUT2D eigenvalue weighted by atomic mass is 16.2. The number of nitrogens with one attached hydrogen (secondary N) is 2. The molecule has 19 heavy (non-hydrogen) atoms. The summed E-state index contributed by atoms with van der Waals surface area (Å²) in [4.78, 5) is 24.7. The molecule has 0 aliphatic heterocycles. The van der Waals surface area contributed by atoms with E-state index in [0.717, 1.165) is 5.56 Å². The molecule has 0 fully saturated rings. The second kappa shape index (κ2) is 7.53. The number of rotatable bonds is 6. The minimum Gasteiger partial charge on any atom is -0.352 e. The second-order valence-electron chi connectivity index (χ2n) is 4.53. The Labute approximate surface area is 114 Å². The van der Waals surface area contributed by atoms with Gasteiger partial charge in [-0.05, 0) is 24.7 Å². The van der Waals surface area contributed by atoms with Gasteiger partial charge in [-0.15, -0.1) is 0 Å². The van der Waals surface area contributed by atoms with Crippen LogP contribution in [-0.4, -0.2) is 44.4 Å². The predicted octanol–water partition coefficient (Wildman–Crippen LogP) is 0.614. The lowest BCUT2D eigenvalue weighted by Gasteiger charge is -2.10. The molecule has 0 unspecified atom stereocenters. The molecule has 2 amide bonds. The summed E-state index contributed by atoms with van der Waals surface area (Å²) in [6, 6.07) is 7.26. The van der Waals surface area contributed by atoms with Crippen molar-refractivity contribution in [3.05, 3.63) is 35.4 Å². The summed E-state index contributed by atoms with van der Waals surface area (Å²) >= 11 is 0. The van der Waals surface area contributed by atoms with E-state index in [1.807, 2.05) is 19.2 Å². The van der Waals surface area contributed by atoms with Crippen LogP contribution in [0.1, 0.15) is 22.3 Å². The van der Waals surface area contributed by atoms with E-state index in [1.54, 1.807) is 26.2 Å². The number of carbonyl (C=O) groups excluding carboxylic acids is 2. The van der Waals surface area contributed by atoms with Crippen LogP contribution >= 0.6 is 0 Å². The van der Waals surface area contributed by atoms with Crippen LogP contribution in [0, 0.1) is 0 Å². The zero-order chi connectivity index (χ0) is 14.3. The van der Waals surface area contributed by atoms with Crippen molar-refractivity contribution in [2.24, 2.45) is 0 Å².